The number of aliphatic hydroxyl groups excluding tert-OH is 1. The minimum atomic E-state index is -1.07. The number of carboxylic acids is 1. The number of amides is 1. The van der Waals surface area contributed by atoms with Crippen LogP contribution in [0.1, 0.15) is 27.9 Å². The molecule has 1 aliphatic heterocycles. The molecule has 1 unspecified atom stereocenters. The Morgan fingerprint density at radius 3 is 2.32 bits per heavy atom. The van der Waals surface area contributed by atoms with E-state index in [0.717, 1.165) is 11.1 Å². The van der Waals surface area contributed by atoms with Gasteiger partial charge in [-0.15, -0.1) is 0 Å². The van der Waals surface area contributed by atoms with Crippen LogP contribution in [-0.4, -0.2) is 45.7 Å². The van der Waals surface area contributed by atoms with Gasteiger partial charge in [0, 0.05) is 18.5 Å². The maximum Gasteiger partial charge on any atom is 0.326 e. The summed E-state index contributed by atoms with van der Waals surface area (Å²) in [5.74, 6) is -1.41. The molecule has 0 spiro atoms. The SMILES string of the molecule is Cc1cc(C)cc(C(=O)N2CC(O)C[C@H]2C(=O)O)c1. The van der Waals surface area contributed by atoms with Crippen LogP contribution in [0.5, 0.6) is 0 Å². The summed E-state index contributed by atoms with van der Waals surface area (Å²) in [6.07, 6.45) is -0.678. The number of hydrogen-bond donors (Lipinski definition) is 2. The van der Waals surface area contributed by atoms with Crippen LogP contribution in [0, 0.1) is 13.8 Å². The Morgan fingerprint density at radius 1 is 1.21 bits per heavy atom. The minimum Gasteiger partial charge on any atom is -0.480 e. The quantitative estimate of drug-likeness (QED) is 0.833. The number of nitrogens with zero attached hydrogens (tertiary/aromatic N) is 1. The predicted molar refractivity (Wildman–Crippen MR) is 69.0 cm³/mol. The average molecular weight is 263 g/mol. The number of carbonyl (C=O) groups is 2. The highest BCUT2D eigenvalue weighted by Crippen LogP contribution is 2.22. The fraction of sp³-hybridized carbons (Fsp3) is 0.429. The highest BCUT2D eigenvalue weighted by atomic mass is 16.4. The zero-order valence-electron chi connectivity index (χ0n) is 11.0. The number of carboxylic acid groups (broad SMARTS) is 1. The standard InChI is InChI=1S/C14H17NO4/c1-8-3-9(2)5-10(4-8)13(17)15-7-11(16)6-12(15)14(18)19/h3-5,11-12,16H,6-7H2,1-2H3,(H,18,19)/t11?,12-/m0/s1. The van der Waals surface area contributed by atoms with E-state index in [1.165, 1.54) is 4.90 Å². The number of aliphatic carboxylic acids is 1. The van der Waals surface area contributed by atoms with E-state index in [9.17, 15) is 14.7 Å². The molecule has 102 valence electrons. The molecule has 1 aromatic rings. The third kappa shape index (κ3) is 2.76. The number of carbonyl (C=O) groups excluding carboxylic acids is 1. The van der Waals surface area contributed by atoms with E-state index in [0.29, 0.717) is 5.56 Å². The molecule has 5 nitrogen and oxygen atoms in total. The maximum atomic E-state index is 12.4. The van der Waals surface area contributed by atoms with Gasteiger partial charge in [0.05, 0.1) is 6.10 Å². The number of β-amino-alcohol motifs (C(OH)–C–C–N with tert-alkyl or cyclic N) is 1. The molecule has 0 aromatic heterocycles. The van der Waals surface area contributed by atoms with Gasteiger partial charge in [-0.3, -0.25) is 4.79 Å². The number of hydrogen-bond acceptors (Lipinski definition) is 3. The van der Waals surface area contributed by atoms with E-state index in [1.807, 2.05) is 19.9 Å². The molecule has 1 heterocycles. The molecule has 2 atom stereocenters. The molecular weight excluding hydrogens is 246 g/mol. The van der Waals surface area contributed by atoms with Gasteiger partial charge in [0.15, 0.2) is 0 Å². The van der Waals surface area contributed by atoms with E-state index in [2.05, 4.69) is 0 Å². The molecule has 0 radical (unpaired) electrons. The molecule has 5 heteroatoms. The van der Waals surface area contributed by atoms with E-state index in [-0.39, 0.29) is 18.9 Å². The summed E-state index contributed by atoms with van der Waals surface area (Å²) in [6, 6.07) is 4.48. The monoisotopic (exact) mass is 263 g/mol. The molecule has 1 aromatic carbocycles. The maximum absolute atomic E-state index is 12.4. The van der Waals surface area contributed by atoms with Crippen LogP contribution in [-0.2, 0) is 4.79 Å². The minimum absolute atomic E-state index is 0.0722. The van der Waals surface area contributed by atoms with E-state index in [1.54, 1.807) is 12.1 Å². The van der Waals surface area contributed by atoms with Gasteiger partial charge in [-0.1, -0.05) is 17.2 Å². The Kier molecular flexibility index (Phi) is 3.57. The number of likely N-dealkylation sites (tertiary alicyclic amines) is 1. The summed E-state index contributed by atoms with van der Waals surface area (Å²) in [7, 11) is 0. The molecule has 2 rings (SSSR count). The summed E-state index contributed by atoms with van der Waals surface area (Å²) in [5, 5.41) is 18.7. The molecule has 1 amide bonds. The first kappa shape index (κ1) is 13.5. The lowest BCUT2D eigenvalue weighted by atomic mass is 10.1. The molecule has 1 saturated heterocycles. The van der Waals surface area contributed by atoms with Crippen molar-refractivity contribution < 1.29 is 19.8 Å². The second-order valence-corrected chi connectivity index (χ2v) is 5.08. The Hall–Kier alpha value is -1.88. The summed E-state index contributed by atoms with van der Waals surface area (Å²) in [4.78, 5) is 24.7. The van der Waals surface area contributed by atoms with Crippen LogP contribution in [0.25, 0.3) is 0 Å². The lowest BCUT2D eigenvalue weighted by molar-refractivity contribution is -0.141. The predicted octanol–water partition coefficient (Wildman–Crippen LogP) is 0.963. The van der Waals surface area contributed by atoms with Crippen molar-refractivity contribution in [2.45, 2.75) is 32.4 Å². The number of aryl methyl sites for hydroxylation is 2. The number of aliphatic hydroxyl groups is 1. The van der Waals surface area contributed by atoms with Crippen molar-refractivity contribution in [3.63, 3.8) is 0 Å². The van der Waals surface area contributed by atoms with Gasteiger partial charge in [0.25, 0.3) is 5.91 Å². The molecule has 1 aliphatic rings. The first-order valence-electron chi connectivity index (χ1n) is 6.18. The van der Waals surface area contributed by atoms with Crippen LogP contribution in [0.4, 0.5) is 0 Å². The van der Waals surface area contributed by atoms with Gasteiger partial charge in [0.1, 0.15) is 6.04 Å². The molecule has 19 heavy (non-hydrogen) atoms. The summed E-state index contributed by atoms with van der Waals surface area (Å²) < 4.78 is 0. The highest BCUT2D eigenvalue weighted by Gasteiger charge is 2.39. The van der Waals surface area contributed by atoms with Crippen LogP contribution >= 0.6 is 0 Å². The Bertz CT molecular complexity index is 506. The largest absolute Gasteiger partial charge is 0.480 e. The van der Waals surface area contributed by atoms with Crippen molar-refractivity contribution >= 4 is 11.9 Å². The van der Waals surface area contributed by atoms with Crippen LogP contribution in [0.2, 0.25) is 0 Å². The molecular formula is C14H17NO4. The van der Waals surface area contributed by atoms with Crippen molar-refractivity contribution in [1.29, 1.82) is 0 Å². The first-order valence-corrected chi connectivity index (χ1v) is 6.18. The van der Waals surface area contributed by atoms with Gasteiger partial charge in [0.2, 0.25) is 0 Å². The smallest absolute Gasteiger partial charge is 0.326 e. The Morgan fingerprint density at radius 2 is 1.79 bits per heavy atom. The van der Waals surface area contributed by atoms with Crippen molar-refractivity contribution in [3.8, 4) is 0 Å². The fourth-order valence-corrected chi connectivity index (χ4v) is 2.54. The van der Waals surface area contributed by atoms with Crippen LogP contribution in [0.15, 0.2) is 18.2 Å². The molecule has 0 bridgehead atoms. The molecule has 1 fully saturated rings. The zero-order valence-corrected chi connectivity index (χ0v) is 11.0. The van der Waals surface area contributed by atoms with Gasteiger partial charge in [-0.25, -0.2) is 4.79 Å². The second kappa shape index (κ2) is 5.01. The zero-order chi connectivity index (χ0) is 14.2. The van der Waals surface area contributed by atoms with E-state index < -0.39 is 18.1 Å². The second-order valence-electron chi connectivity index (χ2n) is 5.08. The molecule has 0 aliphatic carbocycles. The van der Waals surface area contributed by atoms with Crippen LogP contribution < -0.4 is 0 Å². The van der Waals surface area contributed by atoms with Gasteiger partial charge >= 0.3 is 5.97 Å². The number of benzene rings is 1. The average Bonchev–Trinajstić information content (AvgIpc) is 2.69. The topological polar surface area (TPSA) is 77.8 Å². The molecule has 2 N–H and O–H groups in total. The first-order chi connectivity index (χ1) is 8.88. The Labute approximate surface area is 111 Å². The molecule has 0 saturated carbocycles. The van der Waals surface area contributed by atoms with Gasteiger partial charge < -0.3 is 15.1 Å². The van der Waals surface area contributed by atoms with Crippen LogP contribution in [0.3, 0.4) is 0 Å². The Balaban J connectivity index is 2.30. The fourth-order valence-electron chi connectivity index (χ4n) is 2.54. The van der Waals surface area contributed by atoms with Crippen molar-refractivity contribution in [3.05, 3.63) is 34.9 Å². The summed E-state index contributed by atoms with van der Waals surface area (Å²) in [6.45, 7) is 3.84. The lowest BCUT2D eigenvalue weighted by Gasteiger charge is -2.21. The third-order valence-corrected chi connectivity index (χ3v) is 3.29. The number of rotatable bonds is 2. The van der Waals surface area contributed by atoms with Crippen molar-refractivity contribution in [2.24, 2.45) is 0 Å². The van der Waals surface area contributed by atoms with E-state index >= 15 is 0 Å². The van der Waals surface area contributed by atoms with Gasteiger partial charge in [-0.2, -0.15) is 0 Å². The highest BCUT2D eigenvalue weighted by molar-refractivity contribution is 5.97. The van der Waals surface area contributed by atoms with Gasteiger partial charge in [-0.05, 0) is 26.0 Å². The lowest BCUT2D eigenvalue weighted by Crippen LogP contribution is -2.40. The third-order valence-electron chi connectivity index (χ3n) is 3.29. The van der Waals surface area contributed by atoms with Crippen molar-refractivity contribution in [2.75, 3.05) is 6.54 Å². The van der Waals surface area contributed by atoms with E-state index in [4.69, 9.17) is 5.11 Å². The van der Waals surface area contributed by atoms with Crippen molar-refractivity contribution in [1.82, 2.24) is 4.90 Å². The normalized spacial score (nSPS) is 22.6. The summed E-state index contributed by atoms with van der Waals surface area (Å²) in [5.41, 5.74) is 2.38. The summed E-state index contributed by atoms with van der Waals surface area (Å²) >= 11 is 0.